The van der Waals surface area contributed by atoms with Gasteiger partial charge in [0.15, 0.2) is 0 Å². The molecule has 1 aromatic heterocycles. The van der Waals surface area contributed by atoms with Crippen LogP contribution in [0.25, 0.3) is 0 Å². The number of piperidine rings is 1. The van der Waals surface area contributed by atoms with Crippen molar-refractivity contribution < 1.29 is 5.11 Å². The summed E-state index contributed by atoms with van der Waals surface area (Å²) in [5.41, 5.74) is 1.87. The fraction of sp³-hybridized carbons (Fsp3) is 0.727. The Kier molecular flexibility index (Phi) is 3.07. The van der Waals surface area contributed by atoms with E-state index in [1.54, 1.807) is 4.68 Å². The van der Waals surface area contributed by atoms with Crippen molar-refractivity contribution in [2.45, 2.75) is 38.3 Å². The summed E-state index contributed by atoms with van der Waals surface area (Å²) in [5.74, 6) is 0. The first-order valence-electron chi connectivity index (χ1n) is 5.60. The van der Waals surface area contributed by atoms with E-state index in [9.17, 15) is 5.11 Å². The zero-order chi connectivity index (χ0) is 10.8. The highest BCUT2D eigenvalue weighted by molar-refractivity contribution is 5.13. The van der Waals surface area contributed by atoms with Gasteiger partial charge in [0.1, 0.15) is 6.10 Å². The molecule has 1 fully saturated rings. The van der Waals surface area contributed by atoms with E-state index in [0.717, 1.165) is 24.4 Å². The van der Waals surface area contributed by atoms with Crippen LogP contribution in [0, 0.1) is 6.92 Å². The average molecular weight is 209 g/mol. The SMILES string of the molecule is Cc1cc(C(O)C2CCCCN2)nn1C. The molecule has 0 spiro atoms. The van der Waals surface area contributed by atoms with Gasteiger partial charge in [-0.3, -0.25) is 4.68 Å². The molecule has 84 valence electrons. The largest absolute Gasteiger partial charge is 0.385 e. The van der Waals surface area contributed by atoms with Gasteiger partial charge in [-0.1, -0.05) is 6.42 Å². The quantitative estimate of drug-likeness (QED) is 0.761. The number of rotatable bonds is 2. The van der Waals surface area contributed by atoms with Crippen LogP contribution in [-0.2, 0) is 7.05 Å². The molecule has 2 heterocycles. The van der Waals surface area contributed by atoms with Gasteiger partial charge in [-0.25, -0.2) is 0 Å². The second-order valence-corrected chi connectivity index (χ2v) is 4.34. The van der Waals surface area contributed by atoms with Crippen molar-refractivity contribution >= 4 is 0 Å². The van der Waals surface area contributed by atoms with Crippen LogP contribution in [0.5, 0.6) is 0 Å². The molecular formula is C11H19N3O. The van der Waals surface area contributed by atoms with E-state index in [1.165, 1.54) is 12.8 Å². The Morgan fingerprint density at radius 3 is 2.93 bits per heavy atom. The molecular weight excluding hydrogens is 190 g/mol. The van der Waals surface area contributed by atoms with Gasteiger partial charge < -0.3 is 10.4 Å². The predicted molar refractivity (Wildman–Crippen MR) is 58.5 cm³/mol. The van der Waals surface area contributed by atoms with Crippen LogP contribution < -0.4 is 5.32 Å². The molecule has 2 unspecified atom stereocenters. The average Bonchev–Trinajstić information content (AvgIpc) is 2.59. The van der Waals surface area contributed by atoms with E-state index < -0.39 is 6.10 Å². The molecule has 0 bridgehead atoms. The first-order chi connectivity index (χ1) is 7.18. The van der Waals surface area contributed by atoms with Crippen molar-refractivity contribution in [3.63, 3.8) is 0 Å². The molecule has 2 rings (SSSR count). The molecule has 1 aromatic rings. The number of aliphatic hydroxyl groups is 1. The third kappa shape index (κ3) is 2.21. The van der Waals surface area contributed by atoms with Gasteiger partial charge in [-0.2, -0.15) is 5.10 Å². The topological polar surface area (TPSA) is 50.1 Å². The van der Waals surface area contributed by atoms with Gasteiger partial charge >= 0.3 is 0 Å². The summed E-state index contributed by atoms with van der Waals surface area (Å²) in [5, 5.41) is 17.8. The lowest BCUT2D eigenvalue weighted by atomic mass is 9.98. The number of nitrogens with one attached hydrogen (secondary N) is 1. The lowest BCUT2D eigenvalue weighted by Gasteiger charge is -2.26. The molecule has 1 saturated heterocycles. The molecule has 0 saturated carbocycles. The van der Waals surface area contributed by atoms with Crippen molar-refractivity contribution in [3.8, 4) is 0 Å². The lowest BCUT2D eigenvalue weighted by molar-refractivity contribution is 0.109. The van der Waals surface area contributed by atoms with Crippen LogP contribution in [0.1, 0.15) is 36.8 Å². The molecule has 4 nitrogen and oxygen atoms in total. The Bertz CT molecular complexity index is 309. The summed E-state index contributed by atoms with van der Waals surface area (Å²) >= 11 is 0. The second kappa shape index (κ2) is 4.33. The van der Waals surface area contributed by atoms with Gasteiger partial charge in [0.25, 0.3) is 0 Å². The minimum absolute atomic E-state index is 0.174. The highest BCUT2D eigenvalue weighted by Gasteiger charge is 2.24. The Morgan fingerprint density at radius 1 is 1.60 bits per heavy atom. The number of nitrogens with zero attached hydrogens (tertiary/aromatic N) is 2. The van der Waals surface area contributed by atoms with E-state index in [1.807, 2.05) is 20.0 Å². The normalized spacial score (nSPS) is 24.1. The van der Waals surface area contributed by atoms with Gasteiger partial charge in [0.2, 0.25) is 0 Å². The molecule has 1 aliphatic heterocycles. The summed E-state index contributed by atoms with van der Waals surface area (Å²) in [6, 6.07) is 2.13. The zero-order valence-electron chi connectivity index (χ0n) is 9.40. The highest BCUT2D eigenvalue weighted by atomic mass is 16.3. The summed E-state index contributed by atoms with van der Waals surface area (Å²) in [6.07, 6.45) is 2.98. The smallest absolute Gasteiger partial charge is 0.113 e. The first kappa shape index (κ1) is 10.6. The minimum Gasteiger partial charge on any atom is -0.385 e. The van der Waals surface area contributed by atoms with Crippen molar-refractivity contribution in [3.05, 3.63) is 17.5 Å². The third-order valence-corrected chi connectivity index (χ3v) is 3.17. The van der Waals surface area contributed by atoms with E-state index in [2.05, 4.69) is 10.4 Å². The lowest BCUT2D eigenvalue weighted by Crippen LogP contribution is -2.38. The molecule has 0 aromatic carbocycles. The molecule has 0 amide bonds. The maximum absolute atomic E-state index is 10.1. The number of hydrogen-bond acceptors (Lipinski definition) is 3. The summed E-state index contributed by atoms with van der Waals surface area (Å²) in [4.78, 5) is 0. The maximum Gasteiger partial charge on any atom is 0.113 e. The fourth-order valence-electron chi connectivity index (χ4n) is 2.09. The highest BCUT2D eigenvalue weighted by Crippen LogP contribution is 2.22. The van der Waals surface area contributed by atoms with E-state index in [4.69, 9.17) is 0 Å². The molecule has 2 N–H and O–H groups in total. The third-order valence-electron chi connectivity index (χ3n) is 3.17. The van der Waals surface area contributed by atoms with Crippen molar-refractivity contribution in [1.29, 1.82) is 0 Å². The van der Waals surface area contributed by atoms with E-state index in [0.29, 0.717) is 0 Å². The van der Waals surface area contributed by atoms with Gasteiger partial charge in [-0.15, -0.1) is 0 Å². The summed E-state index contributed by atoms with van der Waals surface area (Å²) in [6.45, 7) is 3.01. The molecule has 2 atom stereocenters. The predicted octanol–water partition coefficient (Wildman–Crippen LogP) is 0.904. The van der Waals surface area contributed by atoms with Crippen LogP contribution in [0.15, 0.2) is 6.07 Å². The van der Waals surface area contributed by atoms with E-state index >= 15 is 0 Å². The minimum atomic E-state index is -0.467. The Labute approximate surface area is 90.3 Å². The summed E-state index contributed by atoms with van der Waals surface area (Å²) < 4.78 is 1.81. The summed E-state index contributed by atoms with van der Waals surface area (Å²) in [7, 11) is 1.90. The Hall–Kier alpha value is -0.870. The fourth-order valence-corrected chi connectivity index (χ4v) is 2.09. The van der Waals surface area contributed by atoms with E-state index in [-0.39, 0.29) is 6.04 Å². The molecule has 15 heavy (non-hydrogen) atoms. The number of aliphatic hydroxyl groups excluding tert-OH is 1. The van der Waals surface area contributed by atoms with Crippen molar-refractivity contribution in [1.82, 2.24) is 15.1 Å². The van der Waals surface area contributed by atoms with Crippen molar-refractivity contribution in [2.24, 2.45) is 7.05 Å². The van der Waals surface area contributed by atoms with Crippen LogP contribution in [0.3, 0.4) is 0 Å². The standard InChI is InChI=1S/C11H19N3O/c1-8-7-10(13-14(8)2)11(15)9-5-3-4-6-12-9/h7,9,11-12,15H,3-6H2,1-2H3. The molecule has 1 aliphatic rings. The van der Waals surface area contributed by atoms with Crippen LogP contribution in [0.2, 0.25) is 0 Å². The molecule has 0 aliphatic carbocycles. The van der Waals surface area contributed by atoms with Crippen LogP contribution >= 0.6 is 0 Å². The number of hydrogen-bond donors (Lipinski definition) is 2. The molecule has 0 radical (unpaired) electrons. The maximum atomic E-state index is 10.1. The van der Waals surface area contributed by atoms with Gasteiger partial charge in [0.05, 0.1) is 5.69 Å². The molecule has 4 heteroatoms. The first-order valence-corrected chi connectivity index (χ1v) is 5.60. The van der Waals surface area contributed by atoms with Gasteiger partial charge in [-0.05, 0) is 32.4 Å². The Morgan fingerprint density at radius 2 is 2.40 bits per heavy atom. The Balaban J connectivity index is 2.08. The second-order valence-electron chi connectivity index (χ2n) is 4.34. The van der Waals surface area contributed by atoms with Crippen LogP contribution in [-0.4, -0.2) is 27.5 Å². The number of aryl methyl sites for hydroxylation is 2. The van der Waals surface area contributed by atoms with Crippen LogP contribution in [0.4, 0.5) is 0 Å². The monoisotopic (exact) mass is 209 g/mol. The van der Waals surface area contributed by atoms with Gasteiger partial charge in [0, 0.05) is 18.8 Å². The zero-order valence-corrected chi connectivity index (χ0v) is 9.40. The van der Waals surface area contributed by atoms with Crippen molar-refractivity contribution in [2.75, 3.05) is 6.54 Å². The number of aromatic nitrogens is 2.